The lowest BCUT2D eigenvalue weighted by atomic mass is 10.00. The van der Waals surface area contributed by atoms with E-state index in [0.717, 1.165) is 19.6 Å². The van der Waals surface area contributed by atoms with Gasteiger partial charge in [0.25, 0.3) is 0 Å². The van der Waals surface area contributed by atoms with Gasteiger partial charge in [-0.2, -0.15) is 0 Å². The zero-order valence-corrected chi connectivity index (χ0v) is 12.1. The number of hydrogen-bond acceptors (Lipinski definition) is 2. The molecule has 1 atom stereocenters. The summed E-state index contributed by atoms with van der Waals surface area (Å²) in [5, 5.41) is 3.48. The molecule has 0 aromatic heterocycles. The Morgan fingerprint density at radius 2 is 2.00 bits per heavy atom. The van der Waals surface area contributed by atoms with Crippen LogP contribution in [0.5, 0.6) is 0 Å². The highest BCUT2D eigenvalue weighted by molar-refractivity contribution is 14.1. The summed E-state index contributed by atoms with van der Waals surface area (Å²) in [6.07, 6.45) is 0. The number of rotatable bonds is 2. The summed E-state index contributed by atoms with van der Waals surface area (Å²) in [5.41, 5.74) is 1.36. The Balaban J connectivity index is 2.19. The number of halogens is 1. The van der Waals surface area contributed by atoms with Crippen LogP contribution in [0.25, 0.3) is 0 Å². The van der Waals surface area contributed by atoms with Crippen molar-refractivity contribution in [2.75, 3.05) is 24.5 Å². The average Bonchev–Trinajstić information content (AvgIpc) is 2.30. The maximum atomic E-state index is 3.48. The van der Waals surface area contributed by atoms with Gasteiger partial charge in [0.1, 0.15) is 0 Å². The van der Waals surface area contributed by atoms with E-state index in [0.29, 0.717) is 12.0 Å². The van der Waals surface area contributed by atoms with E-state index in [1.54, 1.807) is 0 Å². The van der Waals surface area contributed by atoms with Gasteiger partial charge in [0.2, 0.25) is 0 Å². The molecule has 0 aliphatic carbocycles. The lowest BCUT2D eigenvalue weighted by Gasteiger charge is -2.40. The smallest absolute Gasteiger partial charge is 0.0437 e. The molecule has 1 aliphatic rings. The minimum absolute atomic E-state index is 0.619. The molecule has 0 bridgehead atoms. The Kier molecular flexibility index (Phi) is 4.08. The van der Waals surface area contributed by atoms with E-state index in [2.05, 4.69) is 70.9 Å². The van der Waals surface area contributed by atoms with Crippen molar-refractivity contribution in [2.45, 2.75) is 19.9 Å². The fourth-order valence-corrected chi connectivity index (χ4v) is 2.63. The summed E-state index contributed by atoms with van der Waals surface area (Å²) in [6.45, 7) is 7.91. The van der Waals surface area contributed by atoms with Crippen LogP contribution < -0.4 is 10.2 Å². The van der Waals surface area contributed by atoms with Gasteiger partial charge in [0.05, 0.1) is 0 Å². The molecule has 1 saturated heterocycles. The van der Waals surface area contributed by atoms with Gasteiger partial charge in [-0.15, -0.1) is 0 Å². The highest BCUT2D eigenvalue weighted by atomic mass is 127. The third kappa shape index (κ3) is 2.69. The summed E-state index contributed by atoms with van der Waals surface area (Å²) in [5.74, 6) is 0.687. The summed E-state index contributed by atoms with van der Waals surface area (Å²) < 4.78 is 1.30. The van der Waals surface area contributed by atoms with Gasteiger partial charge in [-0.05, 0) is 52.8 Å². The third-order valence-electron chi connectivity index (χ3n) is 3.21. The maximum absolute atomic E-state index is 3.48. The second-order valence-electron chi connectivity index (χ2n) is 4.69. The van der Waals surface area contributed by atoms with Crippen molar-refractivity contribution in [1.29, 1.82) is 0 Å². The zero-order chi connectivity index (χ0) is 11.5. The Labute approximate surface area is 112 Å². The summed E-state index contributed by atoms with van der Waals surface area (Å²) in [4.78, 5) is 2.54. The van der Waals surface area contributed by atoms with Crippen LogP contribution >= 0.6 is 22.6 Å². The van der Waals surface area contributed by atoms with Crippen LogP contribution in [0.15, 0.2) is 24.3 Å². The molecule has 2 nitrogen and oxygen atoms in total. The predicted octanol–water partition coefficient (Wildman–Crippen LogP) is 2.73. The first kappa shape index (κ1) is 12.2. The maximum Gasteiger partial charge on any atom is 0.0437 e. The molecule has 0 spiro atoms. The third-order valence-corrected chi connectivity index (χ3v) is 3.93. The van der Waals surface area contributed by atoms with Crippen molar-refractivity contribution < 1.29 is 0 Å². The van der Waals surface area contributed by atoms with Gasteiger partial charge >= 0.3 is 0 Å². The van der Waals surface area contributed by atoms with Crippen molar-refractivity contribution in [3.05, 3.63) is 27.8 Å². The first-order chi connectivity index (χ1) is 7.68. The topological polar surface area (TPSA) is 15.3 Å². The van der Waals surface area contributed by atoms with Gasteiger partial charge in [-0.25, -0.2) is 0 Å². The van der Waals surface area contributed by atoms with Crippen LogP contribution in [0.4, 0.5) is 5.69 Å². The monoisotopic (exact) mass is 330 g/mol. The van der Waals surface area contributed by atoms with Crippen molar-refractivity contribution >= 4 is 28.3 Å². The molecule has 1 unspecified atom stereocenters. The molecule has 1 aromatic carbocycles. The van der Waals surface area contributed by atoms with Gasteiger partial charge in [-0.3, -0.25) is 0 Å². The number of nitrogens with zero attached hydrogens (tertiary/aromatic N) is 1. The quantitative estimate of drug-likeness (QED) is 0.839. The molecule has 0 saturated carbocycles. The standard InChI is InChI=1S/C13H19IN2/c1-10(2)13-9-15-7-8-16(13)12-5-3-11(14)4-6-12/h3-6,10,13,15H,7-9H2,1-2H3. The normalized spacial score (nSPS) is 21.5. The predicted molar refractivity (Wildman–Crippen MR) is 78.0 cm³/mol. The molecule has 1 N–H and O–H groups in total. The highest BCUT2D eigenvalue weighted by Crippen LogP contribution is 2.23. The van der Waals surface area contributed by atoms with Gasteiger partial charge < -0.3 is 10.2 Å². The molecule has 1 aromatic rings. The Morgan fingerprint density at radius 3 is 2.62 bits per heavy atom. The van der Waals surface area contributed by atoms with Gasteiger partial charge in [0, 0.05) is 34.9 Å². The van der Waals surface area contributed by atoms with Crippen LogP contribution in [-0.2, 0) is 0 Å². The fourth-order valence-electron chi connectivity index (χ4n) is 2.27. The zero-order valence-electron chi connectivity index (χ0n) is 9.91. The largest absolute Gasteiger partial charge is 0.366 e. The molecule has 0 amide bonds. The van der Waals surface area contributed by atoms with Crippen molar-refractivity contribution in [3.63, 3.8) is 0 Å². The molecule has 88 valence electrons. The van der Waals surface area contributed by atoms with E-state index in [9.17, 15) is 0 Å². The van der Waals surface area contributed by atoms with Gasteiger partial charge in [-0.1, -0.05) is 13.8 Å². The SMILES string of the molecule is CC(C)C1CNCCN1c1ccc(I)cc1. The Hall–Kier alpha value is -0.290. The number of anilines is 1. The Bertz CT molecular complexity index is 334. The van der Waals surface area contributed by atoms with E-state index in [1.807, 2.05) is 0 Å². The molecule has 2 rings (SSSR count). The van der Waals surface area contributed by atoms with Crippen LogP contribution in [0.1, 0.15) is 13.8 Å². The molecular formula is C13H19IN2. The van der Waals surface area contributed by atoms with E-state index in [1.165, 1.54) is 9.26 Å². The van der Waals surface area contributed by atoms with Crippen molar-refractivity contribution in [2.24, 2.45) is 5.92 Å². The molecule has 1 aliphatic heterocycles. The molecule has 3 heteroatoms. The van der Waals surface area contributed by atoms with Gasteiger partial charge in [0.15, 0.2) is 0 Å². The number of nitrogens with one attached hydrogen (secondary N) is 1. The van der Waals surface area contributed by atoms with Crippen LogP contribution in [0, 0.1) is 9.49 Å². The van der Waals surface area contributed by atoms with E-state index >= 15 is 0 Å². The van der Waals surface area contributed by atoms with Crippen molar-refractivity contribution in [3.8, 4) is 0 Å². The summed E-state index contributed by atoms with van der Waals surface area (Å²) >= 11 is 2.36. The van der Waals surface area contributed by atoms with Crippen LogP contribution in [0.3, 0.4) is 0 Å². The lowest BCUT2D eigenvalue weighted by molar-refractivity contribution is 0.390. The number of benzene rings is 1. The molecule has 0 radical (unpaired) electrons. The second-order valence-corrected chi connectivity index (χ2v) is 5.93. The second kappa shape index (κ2) is 5.36. The number of hydrogen-bond donors (Lipinski definition) is 1. The van der Waals surface area contributed by atoms with Crippen LogP contribution in [-0.4, -0.2) is 25.7 Å². The lowest BCUT2D eigenvalue weighted by Crippen LogP contribution is -2.53. The number of piperazine rings is 1. The summed E-state index contributed by atoms with van der Waals surface area (Å²) in [6, 6.07) is 9.48. The molecule has 1 heterocycles. The minimum Gasteiger partial charge on any atom is -0.366 e. The summed E-state index contributed by atoms with van der Waals surface area (Å²) in [7, 11) is 0. The van der Waals surface area contributed by atoms with E-state index in [-0.39, 0.29) is 0 Å². The minimum atomic E-state index is 0.619. The highest BCUT2D eigenvalue weighted by Gasteiger charge is 2.24. The molecule has 16 heavy (non-hydrogen) atoms. The average molecular weight is 330 g/mol. The molecule has 1 fully saturated rings. The van der Waals surface area contributed by atoms with Crippen LogP contribution in [0.2, 0.25) is 0 Å². The van der Waals surface area contributed by atoms with E-state index < -0.39 is 0 Å². The van der Waals surface area contributed by atoms with E-state index in [4.69, 9.17) is 0 Å². The Morgan fingerprint density at radius 1 is 1.31 bits per heavy atom. The first-order valence-corrected chi connectivity index (χ1v) is 6.99. The first-order valence-electron chi connectivity index (χ1n) is 5.91. The molecular weight excluding hydrogens is 311 g/mol. The fraction of sp³-hybridized carbons (Fsp3) is 0.538. The van der Waals surface area contributed by atoms with Crippen molar-refractivity contribution in [1.82, 2.24) is 5.32 Å².